The molecule has 1 unspecified atom stereocenters. The van der Waals surface area contributed by atoms with Crippen LogP contribution in [0.15, 0.2) is 54.6 Å². The second-order valence-corrected chi connectivity index (χ2v) is 9.86. The fourth-order valence-corrected chi connectivity index (χ4v) is 4.82. The first-order chi connectivity index (χ1) is 14.4. The summed E-state index contributed by atoms with van der Waals surface area (Å²) in [6.07, 6.45) is 2.98. The van der Waals surface area contributed by atoms with Gasteiger partial charge in [-0.25, -0.2) is 8.42 Å². The van der Waals surface area contributed by atoms with Crippen LogP contribution in [0.4, 0.5) is 0 Å². The van der Waals surface area contributed by atoms with Crippen molar-refractivity contribution in [3.05, 3.63) is 65.7 Å². The number of hydrogen-bond acceptors (Lipinski definition) is 4. The number of rotatable bonds is 12. The lowest BCUT2D eigenvalue weighted by Crippen LogP contribution is -2.42. The Morgan fingerprint density at radius 3 is 2.37 bits per heavy atom. The van der Waals surface area contributed by atoms with E-state index in [0.717, 1.165) is 29.7 Å². The van der Waals surface area contributed by atoms with Gasteiger partial charge in [-0.1, -0.05) is 68.3 Å². The van der Waals surface area contributed by atoms with Gasteiger partial charge >= 0.3 is 0 Å². The molecule has 0 spiro atoms. The van der Waals surface area contributed by atoms with E-state index in [4.69, 9.17) is 4.74 Å². The maximum absolute atomic E-state index is 13.1. The molecule has 0 heterocycles. The van der Waals surface area contributed by atoms with Gasteiger partial charge in [-0.2, -0.15) is 0 Å². The van der Waals surface area contributed by atoms with Gasteiger partial charge < -0.3 is 9.64 Å². The predicted molar refractivity (Wildman–Crippen MR) is 121 cm³/mol. The van der Waals surface area contributed by atoms with Crippen LogP contribution in [0.1, 0.15) is 44.2 Å². The normalized spacial score (nSPS) is 12.4. The molecular formula is C24H33NO4S. The molecule has 1 amide bonds. The lowest BCUT2D eigenvalue weighted by atomic mass is 10.0. The molecule has 0 saturated heterocycles. The van der Waals surface area contributed by atoms with Crippen molar-refractivity contribution in [1.82, 2.24) is 4.90 Å². The molecule has 5 nitrogen and oxygen atoms in total. The Balaban J connectivity index is 2.19. The van der Waals surface area contributed by atoms with Crippen molar-refractivity contribution in [2.45, 2.75) is 52.1 Å². The summed E-state index contributed by atoms with van der Waals surface area (Å²) in [5, 5.41) is 0. The van der Waals surface area contributed by atoms with Crippen molar-refractivity contribution >= 4 is 15.7 Å². The zero-order valence-electron chi connectivity index (χ0n) is 18.2. The molecule has 2 rings (SSSR count). The van der Waals surface area contributed by atoms with Crippen LogP contribution in [0, 0.1) is 0 Å². The van der Waals surface area contributed by atoms with Crippen LogP contribution < -0.4 is 4.74 Å². The summed E-state index contributed by atoms with van der Waals surface area (Å²) < 4.78 is 30.4. The minimum atomic E-state index is -3.43. The monoisotopic (exact) mass is 431 g/mol. The third kappa shape index (κ3) is 7.48. The lowest BCUT2D eigenvalue weighted by molar-refractivity contribution is -0.131. The topological polar surface area (TPSA) is 63.7 Å². The Labute approximate surface area is 181 Å². The quantitative estimate of drug-likeness (QED) is 0.471. The molecule has 0 radical (unpaired) electrons. The summed E-state index contributed by atoms with van der Waals surface area (Å²) in [5.41, 5.74) is 1.96. The van der Waals surface area contributed by atoms with E-state index in [1.54, 1.807) is 12.0 Å². The standard InChI is InChI=1S/C24H33NO4S/c1-4-5-11-16-30(27,28)19-24(26)25(18-21-12-7-6-8-13-21)20(2)17-22-14-9-10-15-23(22)29-3/h6-10,12-15,20H,4-5,11,16-19H2,1-3H3. The number of carbonyl (C=O) groups is 1. The highest BCUT2D eigenvalue weighted by Gasteiger charge is 2.26. The van der Waals surface area contributed by atoms with Crippen LogP contribution >= 0.6 is 0 Å². The van der Waals surface area contributed by atoms with Gasteiger partial charge in [-0.05, 0) is 37.0 Å². The Hall–Kier alpha value is -2.34. The highest BCUT2D eigenvalue weighted by Crippen LogP contribution is 2.22. The van der Waals surface area contributed by atoms with Gasteiger partial charge in [-0.15, -0.1) is 0 Å². The van der Waals surface area contributed by atoms with Crippen molar-refractivity contribution in [3.8, 4) is 5.75 Å². The molecule has 2 aromatic rings. The highest BCUT2D eigenvalue weighted by atomic mass is 32.2. The highest BCUT2D eigenvalue weighted by molar-refractivity contribution is 7.92. The summed E-state index contributed by atoms with van der Waals surface area (Å²) in [6.45, 7) is 4.36. The van der Waals surface area contributed by atoms with E-state index in [0.29, 0.717) is 19.4 Å². The molecule has 0 aliphatic carbocycles. The zero-order chi connectivity index (χ0) is 22.0. The van der Waals surface area contributed by atoms with E-state index < -0.39 is 15.6 Å². The summed E-state index contributed by atoms with van der Waals surface area (Å²) >= 11 is 0. The number of benzene rings is 2. The smallest absolute Gasteiger partial charge is 0.238 e. The molecule has 0 bridgehead atoms. The van der Waals surface area contributed by atoms with Crippen LogP contribution in [0.3, 0.4) is 0 Å². The minimum Gasteiger partial charge on any atom is -0.496 e. The Morgan fingerprint density at radius 2 is 1.70 bits per heavy atom. The largest absolute Gasteiger partial charge is 0.496 e. The van der Waals surface area contributed by atoms with Gasteiger partial charge in [-0.3, -0.25) is 4.79 Å². The molecule has 0 aliphatic rings. The number of amides is 1. The Bertz CT molecular complexity index is 896. The van der Waals surface area contributed by atoms with Crippen LogP contribution in [0.25, 0.3) is 0 Å². The molecule has 1 atom stereocenters. The van der Waals surface area contributed by atoms with Crippen LogP contribution in [-0.4, -0.2) is 43.9 Å². The number of carbonyl (C=O) groups excluding carboxylic acids is 1. The first kappa shape index (κ1) is 23.9. The summed E-state index contributed by atoms with van der Waals surface area (Å²) in [5.74, 6) is 0.0355. The molecule has 0 aliphatic heterocycles. The molecule has 0 N–H and O–H groups in total. The average molecular weight is 432 g/mol. The fourth-order valence-electron chi connectivity index (χ4n) is 3.49. The molecular weight excluding hydrogens is 398 g/mol. The number of ether oxygens (including phenoxy) is 1. The maximum atomic E-state index is 13.1. The maximum Gasteiger partial charge on any atom is 0.238 e. The number of methoxy groups -OCH3 is 1. The van der Waals surface area contributed by atoms with Crippen molar-refractivity contribution in [3.63, 3.8) is 0 Å². The van der Waals surface area contributed by atoms with Crippen molar-refractivity contribution in [2.75, 3.05) is 18.6 Å². The van der Waals surface area contributed by atoms with Crippen LogP contribution in [-0.2, 0) is 27.6 Å². The van der Waals surface area contributed by atoms with E-state index in [2.05, 4.69) is 0 Å². The first-order valence-electron chi connectivity index (χ1n) is 10.5. The predicted octanol–water partition coefficient (Wildman–Crippen LogP) is 4.26. The molecule has 6 heteroatoms. The number of unbranched alkanes of at least 4 members (excludes halogenated alkanes) is 2. The Kier molecular flexibility index (Phi) is 9.37. The second kappa shape index (κ2) is 11.7. The SMILES string of the molecule is CCCCCS(=O)(=O)CC(=O)N(Cc1ccccc1)C(C)Cc1ccccc1OC. The molecule has 0 aromatic heterocycles. The summed E-state index contributed by atoms with van der Waals surface area (Å²) in [7, 11) is -1.80. The van der Waals surface area contributed by atoms with Crippen molar-refractivity contribution in [1.29, 1.82) is 0 Å². The second-order valence-electron chi connectivity index (χ2n) is 7.67. The van der Waals surface area contributed by atoms with E-state index in [9.17, 15) is 13.2 Å². The van der Waals surface area contributed by atoms with Crippen LogP contribution in [0.2, 0.25) is 0 Å². The van der Waals surface area contributed by atoms with E-state index >= 15 is 0 Å². The van der Waals surface area contributed by atoms with Crippen molar-refractivity contribution in [2.24, 2.45) is 0 Å². The van der Waals surface area contributed by atoms with Gasteiger partial charge in [0, 0.05) is 12.6 Å². The molecule has 2 aromatic carbocycles. The third-order valence-electron chi connectivity index (χ3n) is 5.16. The molecule has 30 heavy (non-hydrogen) atoms. The number of hydrogen-bond donors (Lipinski definition) is 0. The molecule has 164 valence electrons. The zero-order valence-corrected chi connectivity index (χ0v) is 19.0. The number of sulfone groups is 1. The fraction of sp³-hybridized carbons (Fsp3) is 0.458. The van der Waals surface area contributed by atoms with Gasteiger partial charge in [0.05, 0.1) is 12.9 Å². The summed E-state index contributed by atoms with van der Waals surface area (Å²) in [6, 6.07) is 17.2. The lowest BCUT2D eigenvalue weighted by Gasteiger charge is -2.30. The van der Waals surface area contributed by atoms with Crippen LogP contribution in [0.5, 0.6) is 5.75 Å². The van der Waals surface area contributed by atoms with E-state index in [1.807, 2.05) is 68.4 Å². The molecule has 0 saturated carbocycles. The van der Waals surface area contributed by atoms with Gasteiger partial charge in [0.25, 0.3) is 0 Å². The van der Waals surface area contributed by atoms with Gasteiger partial charge in [0.1, 0.15) is 11.5 Å². The van der Waals surface area contributed by atoms with Gasteiger partial charge in [0.2, 0.25) is 5.91 Å². The number of nitrogens with zero attached hydrogens (tertiary/aromatic N) is 1. The van der Waals surface area contributed by atoms with E-state index in [-0.39, 0.29) is 17.7 Å². The van der Waals surface area contributed by atoms with Crippen molar-refractivity contribution < 1.29 is 17.9 Å². The summed E-state index contributed by atoms with van der Waals surface area (Å²) in [4.78, 5) is 14.8. The average Bonchev–Trinajstić information content (AvgIpc) is 2.72. The first-order valence-corrected chi connectivity index (χ1v) is 12.3. The molecule has 0 fully saturated rings. The van der Waals surface area contributed by atoms with E-state index in [1.165, 1.54) is 0 Å². The number of para-hydroxylation sites is 1. The third-order valence-corrected chi connectivity index (χ3v) is 6.76. The minimum absolute atomic E-state index is 0.0621. The Morgan fingerprint density at radius 1 is 1.03 bits per heavy atom. The van der Waals surface area contributed by atoms with Gasteiger partial charge in [0.15, 0.2) is 9.84 Å².